The first-order chi connectivity index (χ1) is 14.1. The number of nitrogens with zero attached hydrogens (tertiary/aromatic N) is 4. The van der Waals surface area contributed by atoms with Crippen molar-refractivity contribution < 1.29 is 9.18 Å². The number of aromatic nitrogens is 1. The van der Waals surface area contributed by atoms with Crippen LogP contribution >= 0.6 is 0 Å². The Bertz CT molecular complexity index is 815. The van der Waals surface area contributed by atoms with Crippen LogP contribution in [-0.2, 0) is 11.3 Å². The predicted octanol–water partition coefficient (Wildman–Crippen LogP) is 3.31. The van der Waals surface area contributed by atoms with Gasteiger partial charge in [0.15, 0.2) is 0 Å². The molecule has 1 aliphatic heterocycles. The molecule has 0 N–H and O–H groups in total. The maximum atomic E-state index is 13.3. The van der Waals surface area contributed by atoms with Crippen molar-refractivity contribution in [3.8, 4) is 0 Å². The SMILES string of the molecule is CCC(=O)N(CC1(N2CCN(Cc3ccccc3)CC2)CC1)c1ccc(F)cn1. The quantitative estimate of drug-likeness (QED) is 0.720. The molecule has 5 nitrogen and oxygen atoms in total. The second-order valence-corrected chi connectivity index (χ2v) is 8.14. The van der Waals surface area contributed by atoms with E-state index in [0.717, 1.165) is 45.6 Å². The number of halogens is 1. The molecule has 2 aliphatic rings. The maximum Gasteiger partial charge on any atom is 0.227 e. The highest BCUT2D eigenvalue weighted by Gasteiger charge is 2.50. The third-order valence-electron chi connectivity index (χ3n) is 6.16. The van der Waals surface area contributed by atoms with Gasteiger partial charge in [-0.15, -0.1) is 0 Å². The molecule has 2 heterocycles. The third kappa shape index (κ3) is 4.65. The zero-order chi connectivity index (χ0) is 20.3. The number of benzene rings is 1. The Balaban J connectivity index is 1.39. The molecule has 0 radical (unpaired) electrons. The van der Waals surface area contributed by atoms with Gasteiger partial charge in [0.05, 0.1) is 6.20 Å². The lowest BCUT2D eigenvalue weighted by atomic mass is 10.1. The predicted molar refractivity (Wildman–Crippen MR) is 112 cm³/mol. The van der Waals surface area contributed by atoms with Gasteiger partial charge in [0.1, 0.15) is 11.6 Å². The molecular formula is C23H29FN4O. The topological polar surface area (TPSA) is 39.7 Å². The van der Waals surface area contributed by atoms with Gasteiger partial charge in [-0.1, -0.05) is 37.3 Å². The second kappa shape index (κ2) is 8.59. The van der Waals surface area contributed by atoms with Gasteiger partial charge < -0.3 is 0 Å². The molecule has 1 aliphatic carbocycles. The van der Waals surface area contributed by atoms with Crippen LogP contribution in [0.15, 0.2) is 48.7 Å². The summed E-state index contributed by atoms with van der Waals surface area (Å²) >= 11 is 0. The fourth-order valence-electron chi connectivity index (χ4n) is 4.25. The fourth-order valence-corrected chi connectivity index (χ4v) is 4.25. The van der Waals surface area contributed by atoms with E-state index in [-0.39, 0.29) is 17.3 Å². The normalized spacial score (nSPS) is 19.1. The van der Waals surface area contributed by atoms with E-state index in [9.17, 15) is 9.18 Å². The van der Waals surface area contributed by atoms with E-state index in [1.54, 1.807) is 11.0 Å². The van der Waals surface area contributed by atoms with Gasteiger partial charge in [-0.3, -0.25) is 19.5 Å². The van der Waals surface area contributed by atoms with Gasteiger partial charge in [0, 0.05) is 51.2 Å². The molecule has 4 rings (SSSR count). The van der Waals surface area contributed by atoms with Crippen molar-refractivity contribution >= 4 is 11.7 Å². The molecule has 2 aromatic rings. The first-order valence-electron chi connectivity index (χ1n) is 10.5. The lowest BCUT2D eigenvalue weighted by Gasteiger charge is -2.41. The van der Waals surface area contributed by atoms with Crippen LogP contribution in [0.2, 0.25) is 0 Å². The second-order valence-electron chi connectivity index (χ2n) is 8.14. The van der Waals surface area contributed by atoms with Crippen LogP contribution in [0.3, 0.4) is 0 Å². The van der Waals surface area contributed by atoms with Gasteiger partial charge in [-0.05, 0) is 30.5 Å². The van der Waals surface area contributed by atoms with Crippen molar-refractivity contribution in [3.63, 3.8) is 0 Å². The average molecular weight is 397 g/mol. The molecule has 0 atom stereocenters. The summed E-state index contributed by atoms with van der Waals surface area (Å²) in [6.45, 7) is 7.58. The summed E-state index contributed by atoms with van der Waals surface area (Å²) in [5.74, 6) is 0.207. The minimum absolute atomic E-state index is 0.0399. The van der Waals surface area contributed by atoms with Crippen molar-refractivity contribution in [2.24, 2.45) is 0 Å². The van der Waals surface area contributed by atoms with Gasteiger partial charge in [0.2, 0.25) is 5.91 Å². The molecule has 1 saturated carbocycles. The summed E-state index contributed by atoms with van der Waals surface area (Å²) in [5, 5.41) is 0. The molecule has 29 heavy (non-hydrogen) atoms. The number of anilines is 1. The van der Waals surface area contributed by atoms with Crippen LogP contribution in [0.4, 0.5) is 10.2 Å². The van der Waals surface area contributed by atoms with E-state index in [4.69, 9.17) is 0 Å². The van der Waals surface area contributed by atoms with Gasteiger partial charge in [-0.2, -0.15) is 0 Å². The Labute approximate surface area is 172 Å². The number of carbonyl (C=O) groups excluding carboxylic acids is 1. The summed E-state index contributed by atoms with van der Waals surface area (Å²) in [7, 11) is 0. The van der Waals surface area contributed by atoms with Gasteiger partial charge in [0.25, 0.3) is 0 Å². The van der Waals surface area contributed by atoms with E-state index in [1.165, 1.54) is 17.8 Å². The Kier molecular flexibility index (Phi) is 5.92. The number of hydrogen-bond acceptors (Lipinski definition) is 4. The first-order valence-corrected chi connectivity index (χ1v) is 10.5. The number of pyridine rings is 1. The zero-order valence-electron chi connectivity index (χ0n) is 17.1. The molecule has 1 aromatic heterocycles. The van der Waals surface area contributed by atoms with Crippen molar-refractivity contribution in [2.75, 3.05) is 37.6 Å². The van der Waals surface area contributed by atoms with Gasteiger partial charge in [-0.25, -0.2) is 9.37 Å². The van der Waals surface area contributed by atoms with Crippen LogP contribution in [0.1, 0.15) is 31.7 Å². The maximum absolute atomic E-state index is 13.3. The average Bonchev–Trinajstić information content (AvgIpc) is 3.54. The molecule has 1 amide bonds. The van der Waals surface area contributed by atoms with Crippen molar-refractivity contribution in [3.05, 3.63) is 60.0 Å². The van der Waals surface area contributed by atoms with Crippen LogP contribution < -0.4 is 4.90 Å². The number of amides is 1. The first kappa shape index (κ1) is 20.0. The highest BCUT2D eigenvalue weighted by Crippen LogP contribution is 2.43. The molecule has 0 spiro atoms. The van der Waals surface area contributed by atoms with Crippen LogP contribution in [0.5, 0.6) is 0 Å². The molecule has 0 bridgehead atoms. The Morgan fingerprint density at radius 3 is 2.41 bits per heavy atom. The lowest BCUT2D eigenvalue weighted by molar-refractivity contribution is -0.118. The van der Waals surface area contributed by atoms with E-state index in [0.29, 0.717) is 18.8 Å². The molecule has 0 unspecified atom stereocenters. The minimum Gasteiger partial charge on any atom is -0.297 e. The summed E-state index contributed by atoms with van der Waals surface area (Å²) in [6, 6.07) is 13.6. The largest absolute Gasteiger partial charge is 0.297 e. The Hall–Kier alpha value is -2.31. The van der Waals surface area contributed by atoms with Crippen LogP contribution in [-0.4, -0.2) is 59.0 Å². The molecule has 2 fully saturated rings. The minimum atomic E-state index is -0.381. The highest BCUT2D eigenvalue weighted by molar-refractivity contribution is 5.92. The zero-order valence-corrected chi connectivity index (χ0v) is 17.1. The number of carbonyl (C=O) groups is 1. The summed E-state index contributed by atoms with van der Waals surface area (Å²) < 4.78 is 13.3. The van der Waals surface area contributed by atoms with E-state index >= 15 is 0 Å². The summed E-state index contributed by atoms with van der Waals surface area (Å²) in [5.41, 5.74) is 1.39. The summed E-state index contributed by atoms with van der Waals surface area (Å²) in [4.78, 5) is 23.6. The number of piperazine rings is 1. The lowest BCUT2D eigenvalue weighted by Crippen LogP contribution is -2.55. The standard InChI is InChI=1S/C23H29FN4O/c1-2-22(29)28(21-9-8-20(24)16-25-21)18-23(10-11-23)27-14-12-26(13-15-27)17-19-6-4-3-5-7-19/h3-9,16H,2,10-15,17-18H2,1H3. The monoisotopic (exact) mass is 396 g/mol. The van der Waals surface area contributed by atoms with E-state index < -0.39 is 0 Å². The number of rotatable bonds is 7. The Morgan fingerprint density at radius 1 is 1.10 bits per heavy atom. The fraction of sp³-hybridized carbons (Fsp3) is 0.478. The van der Waals surface area contributed by atoms with Crippen LogP contribution in [0.25, 0.3) is 0 Å². The highest BCUT2D eigenvalue weighted by atomic mass is 19.1. The third-order valence-corrected chi connectivity index (χ3v) is 6.16. The molecular weight excluding hydrogens is 367 g/mol. The number of hydrogen-bond donors (Lipinski definition) is 0. The molecule has 6 heteroatoms. The van der Waals surface area contributed by atoms with E-state index in [2.05, 4.69) is 45.1 Å². The van der Waals surface area contributed by atoms with E-state index in [1.807, 2.05) is 6.92 Å². The smallest absolute Gasteiger partial charge is 0.227 e. The molecule has 1 saturated heterocycles. The molecule has 1 aromatic carbocycles. The summed E-state index contributed by atoms with van der Waals surface area (Å²) in [6.07, 6.45) is 3.80. The Morgan fingerprint density at radius 2 is 1.83 bits per heavy atom. The van der Waals surface area contributed by atoms with Crippen molar-refractivity contribution in [1.82, 2.24) is 14.8 Å². The van der Waals surface area contributed by atoms with Crippen LogP contribution in [0, 0.1) is 5.82 Å². The van der Waals surface area contributed by atoms with Gasteiger partial charge >= 0.3 is 0 Å². The molecule has 154 valence electrons. The van der Waals surface area contributed by atoms with Crippen molar-refractivity contribution in [2.45, 2.75) is 38.3 Å². The van der Waals surface area contributed by atoms with Crippen molar-refractivity contribution in [1.29, 1.82) is 0 Å².